The number of rotatable bonds is 4. The standard InChI is InChI=1S/C21H22F3N3O/c1-14-5-4-6-16(13-14)27-19-8-3-2-7-18(19)26-20(27)25-15-9-11-17(12-10-15)28-21(22,23)24/h2-3,7-12,14,16H,4-6,13H2,1H3,(H,25,26)/t14-,16-/m0/s1. The molecule has 148 valence electrons. The molecule has 2 aromatic carbocycles. The van der Waals surface area contributed by atoms with Gasteiger partial charge in [0.05, 0.1) is 11.0 Å². The van der Waals surface area contributed by atoms with Gasteiger partial charge in [0.1, 0.15) is 5.75 Å². The van der Waals surface area contributed by atoms with Gasteiger partial charge in [-0.05, 0) is 55.2 Å². The number of nitrogens with zero attached hydrogens (tertiary/aromatic N) is 2. The quantitative estimate of drug-likeness (QED) is 0.559. The number of halogens is 3. The molecule has 4 rings (SSSR count). The van der Waals surface area contributed by atoms with Crippen molar-refractivity contribution in [3.8, 4) is 5.75 Å². The van der Waals surface area contributed by atoms with E-state index in [2.05, 4.69) is 27.6 Å². The van der Waals surface area contributed by atoms with Gasteiger partial charge in [-0.1, -0.05) is 31.9 Å². The van der Waals surface area contributed by atoms with Crippen molar-refractivity contribution in [3.63, 3.8) is 0 Å². The van der Waals surface area contributed by atoms with Crippen LogP contribution in [0.2, 0.25) is 0 Å². The van der Waals surface area contributed by atoms with Gasteiger partial charge < -0.3 is 14.6 Å². The van der Waals surface area contributed by atoms with Crippen LogP contribution in [0, 0.1) is 5.92 Å². The first kappa shape index (κ1) is 18.7. The van der Waals surface area contributed by atoms with Gasteiger partial charge in [0, 0.05) is 11.7 Å². The Hall–Kier alpha value is -2.70. The molecule has 2 atom stereocenters. The molecular formula is C21H22F3N3O. The third-order valence-corrected chi connectivity index (χ3v) is 5.21. The molecule has 1 aliphatic carbocycles. The maximum absolute atomic E-state index is 12.3. The monoisotopic (exact) mass is 389 g/mol. The summed E-state index contributed by atoms with van der Waals surface area (Å²) in [5.41, 5.74) is 2.64. The molecule has 0 aliphatic heterocycles. The van der Waals surface area contributed by atoms with Gasteiger partial charge in [0.25, 0.3) is 0 Å². The van der Waals surface area contributed by atoms with Gasteiger partial charge in [0.15, 0.2) is 0 Å². The first-order chi connectivity index (χ1) is 13.4. The van der Waals surface area contributed by atoms with E-state index in [1.165, 1.54) is 25.0 Å². The summed E-state index contributed by atoms with van der Waals surface area (Å²) in [7, 11) is 0. The van der Waals surface area contributed by atoms with E-state index in [-0.39, 0.29) is 5.75 Å². The molecule has 0 amide bonds. The number of fused-ring (bicyclic) bond motifs is 1. The van der Waals surface area contributed by atoms with Crippen LogP contribution in [-0.2, 0) is 0 Å². The fourth-order valence-corrected chi connectivity index (χ4v) is 4.01. The number of alkyl halides is 3. The molecule has 4 nitrogen and oxygen atoms in total. The zero-order valence-electron chi connectivity index (χ0n) is 15.5. The fraction of sp³-hybridized carbons (Fsp3) is 0.381. The minimum absolute atomic E-state index is 0.243. The van der Waals surface area contributed by atoms with Crippen molar-refractivity contribution in [2.45, 2.75) is 45.0 Å². The van der Waals surface area contributed by atoms with E-state index in [0.29, 0.717) is 23.6 Å². The average Bonchev–Trinajstić information content (AvgIpc) is 3.00. The molecule has 0 bridgehead atoms. The lowest BCUT2D eigenvalue weighted by molar-refractivity contribution is -0.274. The number of para-hydroxylation sites is 2. The second-order valence-electron chi connectivity index (χ2n) is 7.42. The van der Waals surface area contributed by atoms with Crippen LogP contribution in [0.4, 0.5) is 24.8 Å². The highest BCUT2D eigenvalue weighted by molar-refractivity contribution is 5.80. The maximum Gasteiger partial charge on any atom is 0.573 e. The van der Waals surface area contributed by atoms with Crippen LogP contribution in [-0.4, -0.2) is 15.9 Å². The summed E-state index contributed by atoms with van der Waals surface area (Å²) in [6.45, 7) is 2.28. The normalized spacial score (nSPS) is 20.3. The molecule has 1 aromatic heterocycles. The number of aromatic nitrogens is 2. The zero-order valence-corrected chi connectivity index (χ0v) is 15.5. The van der Waals surface area contributed by atoms with Gasteiger partial charge in [-0.3, -0.25) is 0 Å². The van der Waals surface area contributed by atoms with Gasteiger partial charge >= 0.3 is 6.36 Å². The number of hydrogen-bond acceptors (Lipinski definition) is 3. The van der Waals surface area contributed by atoms with Crippen molar-refractivity contribution < 1.29 is 17.9 Å². The molecule has 3 aromatic rings. The Morgan fingerprint density at radius 3 is 2.54 bits per heavy atom. The number of imidazole rings is 1. The first-order valence-electron chi connectivity index (χ1n) is 9.49. The highest BCUT2D eigenvalue weighted by atomic mass is 19.4. The number of anilines is 2. The Labute approximate surface area is 161 Å². The molecule has 0 spiro atoms. The van der Waals surface area contributed by atoms with Crippen molar-refractivity contribution in [2.24, 2.45) is 5.92 Å². The highest BCUT2D eigenvalue weighted by Gasteiger charge is 2.31. The molecule has 0 saturated heterocycles. The summed E-state index contributed by atoms with van der Waals surface area (Å²) >= 11 is 0. The molecule has 1 aliphatic rings. The SMILES string of the molecule is C[C@H]1CCC[C@H](n2c(Nc3ccc(OC(F)(F)F)cc3)nc3ccccc32)C1. The predicted octanol–water partition coefficient (Wildman–Crippen LogP) is 6.43. The summed E-state index contributed by atoms with van der Waals surface area (Å²) in [5, 5.41) is 3.28. The van der Waals surface area contributed by atoms with Gasteiger partial charge in [0.2, 0.25) is 5.95 Å². The Bertz CT molecular complexity index is 950. The van der Waals surface area contributed by atoms with Crippen LogP contribution < -0.4 is 10.1 Å². The fourth-order valence-electron chi connectivity index (χ4n) is 4.01. The number of nitrogens with one attached hydrogen (secondary N) is 1. The number of benzene rings is 2. The minimum atomic E-state index is -4.69. The van der Waals surface area contributed by atoms with E-state index < -0.39 is 6.36 Å². The van der Waals surface area contributed by atoms with E-state index in [1.807, 2.05) is 18.2 Å². The predicted molar refractivity (Wildman–Crippen MR) is 103 cm³/mol. The summed E-state index contributed by atoms with van der Waals surface area (Å²) in [5.74, 6) is 1.13. The van der Waals surface area contributed by atoms with Gasteiger partial charge in [-0.15, -0.1) is 13.2 Å². The molecule has 1 saturated carbocycles. The third kappa shape index (κ3) is 4.08. The van der Waals surface area contributed by atoms with Crippen LogP contribution >= 0.6 is 0 Å². The van der Waals surface area contributed by atoms with Crippen LogP contribution in [0.1, 0.15) is 38.6 Å². The lowest BCUT2D eigenvalue weighted by Crippen LogP contribution is -2.19. The van der Waals surface area contributed by atoms with E-state index in [9.17, 15) is 13.2 Å². The van der Waals surface area contributed by atoms with E-state index in [0.717, 1.165) is 23.9 Å². The number of ether oxygens (including phenoxy) is 1. The van der Waals surface area contributed by atoms with Crippen molar-refractivity contribution in [2.75, 3.05) is 5.32 Å². The highest BCUT2D eigenvalue weighted by Crippen LogP contribution is 2.37. The molecular weight excluding hydrogens is 367 g/mol. The second kappa shape index (κ2) is 7.37. The molecule has 1 heterocycles. The van der Waals surface area contributed by atoms with Gasteiger partial charge in [-0.25, -0.2) is 4.98 Å². The lowest BCUT2D eigenvalue weighted by atomic mass is 9.87. The van der Waals surface area contributed by atoms with E-state index in [1.54, 1.807) is 12.1 Å². The average molecular weight is 389 g/mol. The van der Waals surface area contributed by atoms with Crippen molar-refractivity contribution in [1.29, 1.82) is 0 Å². The zero-order chi connectivity index (χ0) is 19.7. The maximum atomic E-state index is 12.3. The van der Waals surface area contributed by atoms with Crippen LogP contribution in [0.25, 0.3) is 11.0 Å². The topological polar surface area (TPSA) is 39.1 Å². The van der Waals surface area contributed by atoms with Crippen molar-refractivity contribution >= 4 is 22.7 Å². The molecule has 28 heavy (non-hydrogen) atoms. The first-order valence-corrected chi connectivity index (χ1v) is 9.49. The summed E-state index contributed by atoms with van der Waals surface area (Å²) < 4.78 is 43.2. The second-order valence-corrected chi connectivity index (χ2v) is 7.42. The van der Waals surface area contributed by atoms with Crippen molar-refractivity contribution in [3.05, 3.63) is 48.5 Å². The molecule has 0 radical (unpaired) electrons. The molecule has 0 unspecified atom stereocenters. The smallest absolute Gasteiger partial charge is 0.406 e. The Kier molecular flexibility index (Phi) is 4.91. The number of hydrogen-bond donors (Lipinski definition) is 1. The Morgan fingerprint density at radius 1 is 1.07 bits per heavy atom. The van der Waals surface area contributed by atoms with Gasteiger partial charge in [-0.2, -0.15) is 0 Å². The minimum Gasteiger partial charge on any atom is -0.406 e. The molecule has 1 N–H and O–H groups in total. The van der Waals surface area contributed by atoms with Crippen molar-refractivity contribution in [1.82, 2.24) is 9.55 Å². The van der Waals surface area contributed by atoms with Crippen LogP contribution in [0.3, 0.4) is 0 Å². The lowest BCUT2D eigenvalue weighted by Gasteiger charge is -2.29. The van der Waals surface area contributed by atoms with E-state index in [4.69, 9.17) is 4.98 Å². The Morgan fingerprint density at radius 2 is 1.82 bits per heavy atom. The van der Waals surface area contributed by atoms with E-state index >= 15 is 0 Å². The largest absolute Gasteiger partial charge is 0.573 e. The Balaban J connectivity index is 1.64. The van der Waals surface area contributed by atoms with Crippen LogP contribution in [0.15, 0.2) is 48.5 Å². The third-order valence-electron chi connectivity index (χ3n) is 5.21. The summed E-state index contributed by atoms with van der Waals surface area (Å²) in [6.07, 6.45) is -0.0838. The summed E-state index contributed by atoms with van der Waals surface area (Å²) in [6, 6.07) is 14.1. The van der Waals surface area contributed by atoms with Crippen LogP contribution in [0.5, 0.6) is 5.75 Å². The molecule has 7 heteroatoms. The molecule has 1 fully saturated rings. The summed E-state index contributed by atoms with van der Waals surface area (Å²) in [4.78, 5) is 4.73.